The van der Waals surface area contributed by atoms with Gasteiger partial charge in [0.15, 0.2) is 0 Å². The number of hydrogen-bond acceptors (Lipinski definition) is 25. The van der Waals surface area contributed by atoms with Crippen molar-refractivity contribution in [3.63, 3.8) is 0 Å². The highest BCUT2D eigenvalue weighted by Crippen LogP contribution is 2.33. The van der Waals surface area contributed by atoms with Gasteiger partial charge in [-0.25, -0.2) is 48.7 Å². The number of halogens is 3. The van der Waals surface area contributed by atoms with Crippen molar-refractivity contribution < 1.29 is 28.1 Å². The first-order valence-corrected chi connectivity index (χ1v) is 26.5. The fourth-order valence-corrected chi connectivity index (χ4v) is 8.30. The van der Waals surface area contributed by atoms with Gasteiger partial charge in [0.1, 0.15) is 112 Å². The maximum atomic E-state index is 13.6. The Kier molecular flexibility index (Phi) is 22.6. The van der Waals surface area contributed by atoms with Crippen molar-refractivity contribution in [2.45, 2.75) is 4.90 Å². The number of nitrogens with two attached hydrogens (primary N) is 4. The van der Waals surface area contributed by atoms with Gasteiger partial charge >= 0.3 is 0 Å². The van der Waals surface area contributed by atoms with Crippen molar-refractivity contribution in [1.29, 1.82) is 0 Å². The van der Waals surface area contributed by atoms with E-state index in [9.17, 15) is 8.78 Å². The lowest BCUT2D eigenvalue weighted by atomic mass is 10.1. The van der Waals surface area contributed by atoms with Gasteiger partial charge in [-0.3, -0.25) is 0 Å². The molecule has 85 heavy (non-hydrogen) atoms. The predicted molar refractivity (Wildman–Crippen MR) is 335 cm³/mol. The second kappa shape index (κ2) is 31.2. The van der Waals surface area contributed by atoms with Crippen molar-refractivity contribution in [3.8, 4) is 0 Å². The molecule has 434 valence electrons. The summed E-state index contributed by atoms with van der Waals surface area (Å²) in [7, 11) is 5.75. The first kappa shape index (κ1) is 61.6. The molecule has 0 spiro atoms. The number of hydrogen-bond donors (Lipinski definition) is 8. The Morgan fingerprint density at radius 1 is 0.435 bits per heavy atom. The molecule has 0 radical (unpaired) electrons. The zero-order valence-electron chi connectivity index (χ0n) is 46.0. The van der Waals surface area contributed by atoms with Crippen molar-refractivity contribution in [2.24, 2.45) is 20.6 Å². The molecule has 0 aliphatic carbocycles. The maximum absolute atomic E-state index is 13.6. The van der Waals surface area contributed by atoms with E-state index in [4.69, 9.17) is 44.2 Å². The number of para-hydroxylation sites is 1. The number of oxime groups is 4. The largest absolute Gasteiger partial charge is 0.399 e. The SMILES string of the molecule is CO/N=C/c1c(N)ncnc1Nc1ccc(Cl)c2ccccc12.CO/N=C/c1c(N)ncnc1Nc1ccc(F)cc1F.CO/N=C/c1c(N)ncnc1Nc1cccc2ccccc12.CO/N=C/c1c(N)ncnc1Nc1ccccc1SC. The van der Waals surface area contributed by atoms with Gasteiger partial charge in [-0.1, -0.05) is 105 Å². The third kappa shape index (κ3) is 16.8. The Bertz CT molecular complexity index is 3990. The quantitative estimate of drug-likeness (QED) is 0.0238. The number of benzene rings is 6. The van der Waals surface area contributed by atoms with E-state index in [1.165, 1.54) is 84.7 Å². The molecule has 0 aliphatic heterocycles. The van der Waals surface area contributed by atoms with Crippen LogP contribution in [0.3, 0.4) is 0 Å². The van der Waals surface area contributed by atoms with Crippen LogP contribution < -0.4 is 44.2 Å². The highest BCUT2D eigenvalue weighted by molar-refractivity contribution is 7.98. The number of nitrogens with one attached hydrogen (secondary N) is 4. The van der Waals surface area contributed by atoms with E-state index < -0.39 is 11.6 Å². The average Bonchev–Trinajstić information content (AvgIpc) is 3.59. The Morgan fingerprint density at radius 3 is 1.28 bits per heavy atom. The molecule has 28 heteroatoms. The highest BCUT2D eigenvalue weighted by Gasteiger charge is 2.15. The minimum Gasteiger partial charge on any atom is -0.399 e. The number of thioether (sulfide) groups is 1. The molecule has 6 aromatic carbocycles. The molecular formula is C57H55ClF2N20O4S. The molecule has 12 N–H and O–H groups in total. The Balaban J connectivity index is 0.000000163. The van der Waals surface area contributed by atoms with E-state index in [0.29, 0.717) is 62.2 Å². The molecule has 0 unspecified atom stereocenters. The van der Waals surface area contributed by atoms with Gasteiger partial charge < -0.3 is 63.6 Å². The third-order valence-electron chi connectivity index (χ3n) is 11.5. The zero-order chi connectivity index (χ0) is 60.5. The van der Waals surface area contributed by atoms with E-state index in [1.54, 1.807) is 11.8 Å². The molecule has 0 aliphatic rings. The minimum atomic E-state index is -0.753. The van der Waals surface area contributed by atoms with Gasteiger partial charge in [0.05, 0.1) is 58.5 Å². The van der Waals surface area contributed by atoms with Gasteiger partial charge in [0.25, 0.3) is 0 Å². The number of nitrogens with zero attached hydrogens (tertiary/aromatic N) is 12. The van der Waals surface area contributed by atoms with Crippen molar-refractivity contribution in [2.75, 3.05) is 78.9 Å². The highest BCUT2D eigenvalue weighted by atomic mass is 35.5. The standard InChI is InChI=1S/C16H14ClN5O.C16H15N5O.C13H15N5OS.C12H11F2N5O/c1-23-21-8-12-15(18)19-9-20-16(12)22-14-7-6-13(17)10-4-2-3-5-11(10)14;1-22-20-9-13-15(17)18-10-19-16(13)21-14-8-4-6-11-5-2-3-7-12(11)14;1-19-17-7-9-12(14)15-8-16-13(9)18-10-5-3-4-6-11(10)20-2;1-20-18-5-8-11(15)16-6-17-12(8)19-10-3-2-7(13)4-9(10)14/h2-9H,1H3,(H3,18,19,20,22);2-10H,1H3,(H3,17,18,19,21);3-8H,1-2H3,(H3,14,15,16,18);2-6H,1H3,(H3,15,16,17,19)/b21-8+;20-9+;17-7+;18-5+. The van der Waals surface area contributed by atoms with Crippen LogP contribution in [0.1, 0.15) is 22.3 Å². The Morgan fingerprint density at radius 2 is 0.812 bits per heavy atom. The molecule has 10 aromatic rings. The minimum absolute atomic E-state index is 0.0524. The molecular weight excluding hydrogens is 1130 g/mol. The first-order valence-electron chi connectivity index (χ1n) is 24.9. The summed E-state index contributed by atoms with van der Waals surface area (Å²) in [5.74, 6) is 1.61. The van der Waals surface area contributed by atoms with E-state index in [1.807, 2.05) is 97.3 Å². The topological polar surface area (TPSA) is 342 Å². The number of anilines is 12. The Labute approximate surface area is 494 Å². The third-order valence-corrected chi connectivity index (χ3v) is 12.6. The summed E-state index contributed by atoms with van der Waals surface area (Å²) >= 11 is 7.89. The fraction of sp³-hybridized carbons (Fsp3) is 0.0877. The summed E-state index contributed by atoms with van der Waals surface area (Å²) in [6, 6.07) is 36.8. The molecule has 4 aromatic heterocycles. The Hall–Kier alpha value is -11.1. The van der Waals surface area contributed by atoms with Gasteiger partial charge in [-0.2, -0.15) is 0 Å². The van der Waals surface area contributed by atoms with Gasteiger partial charge in [-0.15, -0.1) is 11.8 Å². The summed E-state index contributed by atoms with van der Waals surface area (Å²) in [5.41, 5.74) is 28.2. The first-order chi connectivity index (χ1) is 41.4. The molecule has 0 atom stereocenters. The molecule has 0 amide bonds. The summed E-state index contributed by atoms with van der Waals surface area (Å²) in [6.45, 7) is 0. The average molecular weight is 1190 g/mol. The van der Waals surface area contributed by atoms with E-state index in [-0.39, 0.29) is 17.3 Å². The van der Waals surface area contributed by atoms with Crippen LogP contribution in [0, 0.1) is 11.6 Å². The van der Waals surface area contributed by atoms with Crippen molar-refractivity contribution >= 4 is 139 Å². The van der Waals surface area contributed by atoms with Crippen LogP contribution in [-0.2, 0) is 19.4 Å². The molecule has 0 saturated carbocycles. The molecule has 0 fully saturated rings. The van der Waals surface area contributed by atoms with Crippen LogP contribution >= 0.6 is 23.4 Å². The zero-order valence-corrected chi connectivity index (χ0v) is 47.6. The second-order valence-electron chi connectivity index (χ2n) is 16.7. The molecule has 0 bridgehead atoms. The van der Waals surface area contributed by atoms with Crippen molar-refractivity contribution in [1.82, 2.24) is 39.9 Å². The lowest BCUT2D eigenvalue weighted by molar-refractivity contribution is 0.215. The lowest BCUT2D eigenvalue weighted by Gasteiger charge is -2.12. The van der Waals surface area contributed by atoms with Crippen LogP contribution in [0.15, 0.2) is 172 Å². The fourth-order valence-electron chi connectivity index (χ4n) is 7.52. The smallest absolute Gasteiger partial charge is 0.149 e. The van der Waals surface area contributed by atoms with Crippen LogP contribution in [-0.4, -0.2) is 99.4 Å². The number of nitrogen functional groups attached to an aromatic ring is 4. The van der Waals surface area contributed by atoms with E-state index in [2.05, 4.69) is 104 Å². The number of rotatable bonds is 17. The van der Waals surface area contributed by atoms with Gasteiger partial charge in [0.2, 0.25) is 0 Å². The number of aromatic nitrogens is 8. The summed E-state index contributed by atoms with van der Waals surface area (Å²) in [5, 5.41) is 32.1. The van der Waals surface area contributed by atoms with Crippen LogP contribution in [0.5, 0.6) is 0 Å². The second-order valence-corrected chi connectivity index (χ2v) is 18.0. The van der Waals surface area contributed by atoms with Crippen LogP contribution in [0.25, 0.3) is 21.5 Å². The molecule has 4 heterocycles. The van der Waals surface area contributed by atoms with Crippen LogP contribution in [0.4, 0.5) is 78.1 Å². The molecule has 24 nitrogen and oxygen atoms in total. The molecule has 10 rings (SSSR count). The summed E-state index contributed by atoms with van der Waals surface area (Å²) in [4.78, 5) is 52.1. The van der Waals surface area contributed by atoms with E-state index in [0.717, 1.165) is 55.6 Å². The van der Waals surface area contributed by atoms with Gasteiger partial charge in [0, 0.05) is 43.5 Å². The molecule has 0 saturated heterocycles. The predicted octanol–water partition coefficient (Wildman–Crippen LogP) is 11.1. The number of fused-ring (bicyclic) bond motifs is 2. The summed E-state index contributed by atoms with van der Waals surface area (Å²) < 4.78 is 26.4. The van der Waals surface area contributed by atoms with Crippen molar-refractivity contribution in [3.05, 3.63) is 186 Å². The van der Waals surface area contributed by atoms with Crippen LogP contribution in [0.2, 0.25) is 5.02 Å². The summed E-state index contributed by atoms with van der Waals surface area (Å²) in [6.07, 6.45) is 13.2. The normalized spacial score (nSPS) is 10.9. The van der Waals surface area contributed by atoms with Gasteiger partial charge in [-0.05, 0) is 54.1 Å². The van der Waals surface area contributed by atoms with E-state index >= 15 is 0 Å². The lowest BCUT2D eigenvalue weighted by Crippen LogP contribution is -2.06. The monoisotopic (exact) mass is 1190 g/mol. The maximum Gasteiger partial charge on any atom is 0.149 e.